The first-order chi connectivity index (χ1) is 16.7. The SMILES string of the molecule is CC1CCc2c(sc3ncn4c(SCC(=O)N(c5ccccc5)c5ccccc5)nnc4c23)C1. The largest absolute Gasteiger partial charge is 0.280 e. The van der Waals surface area contributed by atoms with Gasteiger partial charge in [-0.2, -0.15) is 0 Å². The van der Waals surface area contributed by atoms with E-state index in [4.69, 9.17) is 4.98 Å². The van der Waals surface area contributed by atoms with Crippen molar-refractivity contribution in [1.82, 2.24) is 19.6 Å². The van der Waals surface area contributed by atoms with Gasteiger partial charge in [0, 0.05) is 16.3 Å². The molecule has 3 heterocycles. The third-order valence-corrected chi connectivity index (χ3v) is 8.36. The van der Waals surface area contributed by atoms with Crippen molar-refractivity contribution < 1.29 is 4.79 Å². The van der Waals surface area contributed by atoms with Crippen LogP contribution in [0.2, 0.25) is 0 Å². The molecule has 1 aliphatic carbocycles. The molecule has 0 fully saturated rings. The van der Waals surface area contributed by atoms with Gasteiger partial charge in [-0.15, -0.1) is 21.5 Å². The fourth-order valence-electron chi connectivity index (χ4n) is 4.60. The summed E-state index contributed by atoms with van der Waals surface area (Å²) in [5, 5.41) is 10.8. The van der Waals surface area contributed by atoms with Crippen LogP contribution in [0.3, 0.4) is 0 Å². The highest BCUT2D eigenvalue weighted by molar-refractivity contribution is 7.99. The summed E-state index contributed by atoms with van der Waals surface area (Å²) < 4.78 is 1.93. The molecule has 6 nitrogen and oxygen atoms in total. The highest BCUT2D eigenvalue weighted by atomic mass is 32.2. The Labute approximate surface area is 205 Å². The maximum absolute atomic E-state index is 13.4. The number of para-hydroxylation sites is 2. The molecule has 0 spiro atoms. The maximum atomic E-state index is 13.4. The normalized spacial score (nSPS) is 15.5. The van der Waals surface area contributed by atoms with Crippen molar-refractivity contribution in [3.8, 4) is 0 Å². The lowest BCUT2D eigenvalue weighted by Crippen LogP contribution is -2.27. The molecule has 1 amide bonds. The van der Waals surface area contributed by atoms with Crippen LogP contribution < -0.4 is 4.90 Å². The second kappa shape index (κ2) is 8.85. The molecule has 1 aliphatic rings. The minimum atomic E-state index is -0.0184. The van der Waals surface area contributed by atoms with Crippen LogP contribution in [-0.4, -0.2) is 31.2 Å². The Morgan fingerprint density at radius 2 is 1.79 bits per heavy atom. The monoisotopic (exact) mass is 485 g/mol. The zero-order valence-corrected chi connectivity index (χ0v) is 20.4. The first-order valence-corrected chi connectivity index (χ1v) is 13.2. The number of anilines is 2. The van der Waals surface area contributed by atoms with Crippen LogP contribution in [0, 0.1) is 5.92 Å². The van der Waals surface area contributed by atoms with E-state index in [1.165, 1.54) is 28.6 Å². The van der Waals surface area contributed by atoms with E-state index in [0.29, 0.717) is 11.1 Å². The summed E-state index contributed by atoms with van der Waals surface area (Å²) in [5.41, 5.74) is 3.91. The van der Waals surface area contributed by atoms with E-state index in [1.807, 2.05) is 65.1 Å². The number of hydrogen-bond donors (Lipinski definition) is 0. The van der Waals surface area contributed by atoms with Gasteiger partial charge in [0.05, 0.1) is 11.1 Å². The number of thiophene rings is 1. The molecule has 34 heavy (non-hydrogen) atoms. The summed E-state index contributed by atoms with van der Waals surface area (Å²) in [6, 6.07) is 19.5. The summed E-state index contributed by atoms with van der Waals surface area (Å²) in [7, 11) is 0. The number of aromatic nitrogens is 4. The van der Waals surface area contributed by atoms with Gasteiger partial charge in [0.1, 0.15) is 11.2 Å². The molecule has 0 radical (unpaired) electrons. The van der Waals surface area contributed by atoms with Gasteiger partial charge in [0.2, 0.25) is 5.91 Å². The second-order valence-corrected chi connectivity index (χ2v) is 10.7. The van der Waals surface area contributed by atoms with E-state index in [-0.39, 0.29) is 11.7 Å². The molecule has 0 bridgehead atoms. The first kappa shape index (κ1) is 21.3. The highest BCUT2D eigenvalue weighted by Gasteiger charge is 2.24. The van der Waals surface area contributed by atoms with Gasteiger partial charge in [-0.05, 0) is 55.0 Å². The number of benzene rings is 2. The van der Waals surface area contributed by atoms with Crippen LogP contribution in [0.5, 0.6) is 0 Å². The van der Waals surface area contributed by atoms with Crippen LogP contribution in [0.1, 0.15) is 23.8 Å². The van der Waals surface area contributed by atoms with E-state index < -0.39 is 0 Å². The lowest BCUT2D eigenvalue weighted by Gasteiger charge is -2.22. The Balaban J connectivity index is 1.30. The molecule has 1 unspecified atom stereocenters. The maximum Gasteiger partial charge on any atom is 0.242 e. The van der Waals surface area contributed by atoms with E-state index in [0.717, 1.165) is 40.1 Å². The molecule has 170 valence electrons. The van der Waals surface area contributed by atoms with Crippen LogP contribution >= 0.6 is 23.1 Å². The molecule has 0 N–H and O–H groups in total. The Morgan fingerprint density at radius 1 is 1.09 bits per heavy atom. The van der Waals surface area contributed by atoms with Crippen molar-refractivity contribution >= 4 is 56.2 Å². The first-order valence-electron chi connectivity index (χ1n) is 11.4. The van der Waals surface area contributed by atoms with Gasteiger partial charge in [-0.3, -0.25) is 14.1 Å². The minimum Gasteiger partial charge on any atom is -0.280 e. The van der Waals surface area contributed by atoms with Gasteiger partial charge >= 0.3 is 0 Å². The van der Waals surface area contributed by atoms with Gasteiger partial charge in [0.15, 0.2) is 10.8 Å². The van der Waals surface area contributed by atoms with Gasteiger partial charge < -0.3 is 0 Å². The number of hydrogen-bond acceptors (Lipinski definition) is 6. The van der Waals surface area contributed by atoms with E-state index >= 15 is 0 Å². The van der Waals surface area contributed by atoms with Crippen molar-refractivity contribution in [3.63, 3.8) is 0 Å². The van der Waals surface area contributed by atoms with Crippen LogP contribution in [-0.2, 0) is 17.6 Å². The molecule has 0 saturated heterocycles. The molecule has 6 rings (SSSR count). The number of nitrogens with zero attached hydrogens (tertiary/aromatic N) is 5. The number of rotatable bonds is 5. The Kier molecular flexibility index (Phi) is 5.55. The lowest BCUT2D eigenvalue weighted by molar-refractivity contribution is -0.115. The van der Waals surface area contributed by atoms with Crippen molar-refractivity contribution in [3.05, 3.63) is 77.4 Å². The molecule has 0 saturated carbocycles. The van der Waals surface area contributed by atoms with Crippen molar-refractivity contribution in [2.24, 2.45) is 5.92 Å². The minimum absolute atomic E-state index is 0.0184. The Bertz CT molecular complexity index is 1440. The average Bonchev–Trinajstić information content (AvgIpc) is 3.44. The number of carbonyl (C=O) groups is 1. The van der Waals surface area contributed by atoms with Gasteiger partial charge in [-0.25, -0.2) is 4.98 Å². The molecule has 8 heteroatoms. The number of aryl methyl sites for hydroxylation is 1. The summed E-state index contributed by atoms with van der Waals surface area (Å²) in [5.74, 6) is 0.931. The summed E-state index contributed by atoms with van der Waals surface area (Å²) in [6.07, 6.45) is 5.16. The zero-order valence-electron chi connectivity index (χ0n) is 18.7. The Hall–Kier alpha value is -3.23. The molecule has 1 atom stereocenters. The number of carbonyl (C=O) groups excluding carboxylic acids is 1. The summed E-state index contributed by atoms with van der Waals surface area (Å²) in [6.45, 7) is 2.31. The predicted molar refractivity (Wildman–Crippen MR) is 138 cm³/mol. The second-order valence-electron chi connectivity index (χ2n) is 8.64. The fraction of sp³-hybridized carbons (Fsp3) is 0.231. The van der Waals surface area contributed by atoms with Crippen molar-refractivity contribution in [1.29, 1.82) is 0 Å². The molecular weight excluding hydrogens is 462 g/mol. The van der Waals surface area contributed by atoms with Crippen molar-refractivity contribution in [2.45, 2.75) is 31.3 Å². The van der Waals surface area contributed by atoms with E-state index in [1.54, 1.807) is 22.6 Å². The molecule has 0 aliphatic heterocycles. The van der Waals surface area contributed by atoms with Gasteiger partial charge in [0.25, 0.3) is 0 Å². The molecule has 5 aromatic rings. The quantitative estimate of drug-likeness (QED) is 0.289. The number of fused-ring (bicyclic) bond motifs is 5. The third-order valence-electron chi connectivity index (χ3n) is 6.27. The molecular formula is C26H23N5OS2. The standard InChI is InChI=1S/C26H23N5OS2/c1-17-12-13-20-21(14-17)34-25-23(20)24-28-29-26(30(24)16-27-25)33-15-22(32)31(18-8-4-2-5-9-18)19-10-6-3-7-11-19/h2-11,16-17H,12-15H2,1H3. The molecule has 2 aromatic carbocycles. The van der Waals surface area contributed by atoms with Crippen LogP contribution in [0.4, 0.5) is 11.4 Å². The number of amides is 1. The highest BCUT2D eigenvalue weighted by Crippen LogP contribution is 2.39. The summed E-state index contributed by atoms with van der Waals surface area (Å²) >= 11 is 3.18. The molecule has 3 aromatic heterocycles. The van der Waals surface area contributed by atoms with Gasteiger partial charge in [-0.1, -0.05) is 55.1 Å². The van der Waals surface area contributed by atoms with E-state index in [9.17, 15) is 4.79 Å². The number of thioether (sulfide) groups is 1. The third kappa shape index (κ3) is 3.76. The average molecular weight is 486 g/mol. The summed E-state index contributed by atoms with van der Waals surface area (Å²) in [4.78, 5) is 22.3. The zero-order chi connectivity index (χ0) is 23.1. The predicted octanol–water partition coefficient (Wildman–Crippen LogP) is 5.92. The van der Waals surface area contributed by atoms with Crippen molar-refractivity contribution in [2.75, 3.05) is 10.7 Å². The topological polar surface area (TPSA) is 63.4 Å². The fourth-order valence-corrected chi connectivity index (χ4v) is 6.70. The van der Waals surface area contributed by atoms with Crippen LogP contribution in [0.15, 0.2) is 72.1 Å². The lowest BCUT2D eigenvalue weighted by atomic mass is 9.89. The van der Waals surface area contributed by atoms with Crippen LogP contribution in [0.25, 0.3) is 15.9 Å². The van der Waals surface area contributed by atoms with E-state index in [2.05, 4.69) is 17.1 Å². The smallest absolute Gasteiger partial charge is 0.242 e. The Morgan fingerprint density at radius 3 is 2.50 bits per heavy atom.